The molecule has 0 radical (unpaired) electrons. The molecule has 2 fully saturated rings. The number of cyclic esters (lactones) is 1. The number of ether oxygens (including phenoxy) is 3. The summed E-state index contributed by atoms with van der Waals surface area (Å²) in [6.07, 6.45) is -5.89. The van der Waals surface area contributed by atoms with Crippen LogP contribution in [0.2, 0.25) is 4.34 Å². The van der Waals surface area contributed by atoms with E-state index in [9.17, 15) is 37.1 Å². The van der Waals surface area contributed by atoms with Crippen molar-refractivity contribution in [2.75, 3.05) is 55.8 Å². The fourth-order valence-corrected chi connectivity index (χ4v) is 5.51. The second-order valence-electron chi connectivity index (χ2n) is 10.00. The summed E-state index contributed by atoms with van der Waals surface area (Å²) in [6, 6.07) is 6.41. The van der Waals surface area contributed by atoms with Crippen molar-refractivity contribution in [3.63, 3.8) is 0 Å². The van der Waals surface area contributed by atoms with Crippen molar-refractivity contribution in [2.45, 2.75) is 31.2 Å². The summed E-state index contributed by atoms with van der Waals surface area (Å²) in [5.74, 6) is -4.96. The summed E-state index contributed by atoms with van der Waals surface area (Å²) in [6.45, 7) is -0.344. The van der Waals surface area contributed by atoms with Gasteiger partial charge in [0.2, 0.25) is 0 Å². The zero-order valence-electron chi connectivity index (χ0n) is 24.8. The minimum atomic E-state index is -5.08. The number of nitrogens with zero attached hydrogens (tertiary/aromatic N) is 3. The molecule has 1 unspecified atom stereocenters. The number of rotatable bonds is 12. The number of carboxylic acids is 1. The van der Waals surface area contributed by atoms with Gasteiger partial charge in [-0.25, -0.2) is 14.0 Å². The van der Waals surface area contributed by atoms with Gasteiger partial charge >= 0.3 is 24.2 Å². The molecule has 2 saturated heterocycles. The molecule has 2 atom stereocenters. The highest BCUT2D eigenvalue weighted by molar-refractivity contribution is 7.18. The largest absolute Gasteiger partial charge is 0.490 e. The predicted octanol–water partition coefficient (Wildman–Crippen LogP) is 2.85. The van der Waals surface area contributed by atoms with E-state index in [0.717, 1.165) is 22.3 Å². The molecule has 0 aliphatic carbocycles. The lowest BCUT2D eigenvalue weighted by atomic mass is 10.1. The first kappa shape index (κ1) is 38.1. The highest BCUT2D eigenvalue weighted by Crippen LogP contribution is 2.30. The van der Waals surface area contributed by atoms with E-state index >= 15 is 4.39 Å². The maximum absolute atomic E-state index is 15.2. The number of aldehydes is 1. The molecule has 0 saturated carbocycles. The van der Waals surface area contributed by atoms with E-state index in [1.807, 2.05) is 0 Å². The molecule has 3 N–H and O–H groups in total. The monoisotopic (exact) mass is 724 g/mol. The number of carbonyl (C=O) groups is 6. The van der Waals surface area contributed by atoms with Gasteiger partial charge in [-0.1, -0.05) is 11.6 Å². The third kappa shape index (κ3) is 10.3. The minimum absolute atomic E-state index is 0.0562. The predicted molar refractivity (Wildman–Crippen MR) is 160 cm³/mol. The van der Waals surface area contributed by atoms with E-state index in [0.29, 0.717) is 22.9 Å². The Morgan fingerprint density at radius 2 is 1.92 bits per heavy atom. The summed E-state index contributed by atoms with van der Waals surface area (Å²) >= 11 is 7.07. The van der Waals surface area contributed by atoms with E-state index in [-0.39, 0.29) is 68.7 Å². The van der Waals surface area contributed by atoms with Crippen molar-refractivity contribution in [1.29, 1.82) is 0 Å². The van der Waals surface area contributed by atoms with Crippen LogP contribution in [0.4, 0.5) is 33.7 Å². The highest BCUT2D eigenvalue weighted by Gasteiger charge is 2.39. The molecule has 3 amide bonds. The van der Waals surface area contributed by atoms with E-state index in [4.69, 9.17) is 41.4 Å². The number of carbonyl (C=O) groups excluding carboxylic acids is 5. The number of esters is 1. The second-order valence-corrected chi connectivity index (χ2v) is 11.7. The Bertz CT molecular complexity index is 1510. The van der Waals surface area contributed by atoms with Crippen molar-refractivity contribution in [2.24, 2.45) is 5.73 Å². The number of alkyl halides is 3. The molecule has 3 heterocycles. The Kier molecular flexibility index (Phi) is 13.6. The van der Waals surface area contributed by atoms with Crippen molar-refractivity contribution in [3.05, 3.63) is 45.4 Å². The molecule has 0 spiro atoms. The van der Waals surface area contributed by atoms with Gasteiger partial charge in [0.1, 0.15) is 31.4 Å². The van der Waals surface area contributed by atoms with Crippen LogP contribution in [0, 0.1) is 5.82 Å². The van der Waals surface area contributed by atoms with Gasteiger partial charge in [-0.2, -0.15) is 13.2 Å². The number of nitrogens with two attached hydrogens (primary N) is 1. The van der Waals surface area contributed by atoms with E-state index in [1.165, 1.54) is 28.0 Å². The van der Waals surface area contributed by atoms with E-state index in [2.05, 4.69) is 0 Å². The maximum atomic E-state index is 15.2. The lowest BCUT2D eigenvalue weighted by Crippen LogP contribution is -2.48. The van der Waals surface area contributed by atoms with Crippen LogP contribution in [0.1, 0.15) is 22.5 Å². The number of thiophene rings is 1. The number of halogens is 5. The van der Waals surface area contributed by atoms with Crippen LogP contribution in [0.15, 0.2) is 30.3 Å². The van der Waals surface area contributed by atoms with Gasteiger partial charge in [-0.3, -0.25) is 19.3 Å². The summed E-state index contributed by atoms with van der Waals surface area (Å²) in [5.41, 5.74) is 5.61. The molecule has 20 heteroatoms. The third-order valence-corrected chi connectivity index (χ3v) is 7.96. The van der Waals surface area contributed by atoms with Crippen LogP contribution in [-0.4, -0.2) is 110 Å². The Hall–Kier alpha value is -4.33. The fraction of sp³-hybridized carbons (Fsp3) is 0.429. The van der Waals surface area contributed by atoms with Crippen LogP contribution >= 0.6 is 22.9 Å². The Morgan fingerprint density at radius 3 is 2.48 bits per heavy atom. The molecule has 4 rings (SSSR count). The molecule has 1 aromatic heterocycles. The number of anilines is 2. The summed E-state index contributed by atoms with van der Waals surface area (Å²) in [7, 11) is 0. The molecule has 14 nitrogen and oxygen atoms in total. The van der Waals surface area contributed by atoms with Gasteiger partial charge in [-0.05, 0) is 36.8 Å². The Balaban J connectivity index is 0.000000804. The number of hydrogen-bond acceptors (Lipinski definition) is 11. The molecule has 0 bridgehead atoms. The van der Waals surface area contributed by atoms with Crippen molar-refractivity contribution in [3.8, 4) is 0 Å². The van der Waals surface area contributed by atoms with Gasteiger partial charge in [0.25, 0.3) is 11.8 Å². The van der Waals surface area contributed by atoms with E-state index < -0.39 is 48.1 Å². The third-order valence-electron chi connectivity index (χ3n) is 6.74. The van der Waals surface area contributed by atoms with Crippen molar-refractivity contribution < 1.29 is 65.6 Å². The molecule has 2 aliphatic heterocycles. The SMILES string of the molecule is NCC(=O)OCC(CCC=O)N(C[C@H]1CN(c2ccc(N3CCOCC3=O)cc2F)C(=O)O1)C(=O)c1ccc(Cl)s1.O=C(O)C(F)(F)F. The fourth-order valence-electron chi connectivity index (χ4n) is 4.51. The van der Waals surface area contributed by atoms with Gasteiger partial charge in [0.15, 0.2) is 0 Å². The first-order chi connectivity index (χ1) is 22.7. The average molecular weight is 725 g/mol. The highest BCUT2D eigenvalue weighted by atomic mass is 35.5. The first-order valence-corrected chi connectivity index (χ1v) is 15.2. The summed E-state index contributed by atoms with van der Waals surface area (Å²) in [5, 5.41) is 7.12. The standard InChI is InChI=1S/C26H28ClFN4O8S.C2HF3O2/c27-22-6-5-21(41-22)25(36)31(17(2-1-8-33)14-39-24(35)11-29)12-18-13-32(26(37)40-18)20-4-3-16(10-19(20)28)30-7-9-38-15-23(30)34;3-2(4,5)1(6)7/h3-6,8,10,17-18H,1-2,7,9,11-15,29H2;(H,6,7)/t17?,18-;/m0./s1. The number of morpholine rings is 1. The molecule has 1 aromatic carbocycles. The molecule has 262 valence electrons. The number of amides is 3. The molecule has 2 aliphatic rings. The molecule has 2 aromatic rings. The maximum Gasteiger partial charge on any atom is 0.490 e. The molecule has 48 heavy (non-hydrogen) atoms. The van der Waals surface area contributed by atoms with Gasteiger partial charge in [0.05, 0.1) is 47.2 Å². The Labute approximate surface area is 278 Å². The average Bonchev–Trinajstić information content (AvgIpc) is 3.64. The van der Waals surface area contributed by atoms with Crippen LogP contribution in [-0.2, 0) is 33.4 Å². The van der Waals surface area contributed by atoms with Crippen molar-refractivity contribution >= 4 is 70.4 Å². The number of carboxylic acid groups (broad SMARTS) is 1. The smallest absolute Gasteiger partial charge is 0.475 e. The van der Waals surface area contributed by atoms with Crippen molar-refractivity contribution in [1.82, 2.24) is 4.90 Å². The van der Waals surface area contributed by atoms with E-state index in [1.54, 1.807) is 6.07 Å². The lowest BCUT2D eigenvalue weighted by Gasteiger charge is -2.32. The quantitative estimate of drug-likeness (QED) is 0.186. The minimum Gasteiger partial charge on any atom is -0.475 e. The number of hydrogen-bond donors (Lipinski definition) is 2. The summed E-state index contributed by atoms with van der Waals surface area (Å²) in [4.78, 5) is 74.4. The second kappa shape index (κ2) is 17.2. The normalized spacial score (nSPS) is 16.8. The first-order valence-electron chi connectivity index (χ1n) is 14.0. The number of aliphatic carboxylic acids is 1. The van der Waals surface area contributed by atoms with Gasteiger partial charge in [0, 0.05) is 18.7 Å². The Morgan fingerprint density at radius 1 is 1.21 bits per heavy atom. The lowest BCUT2D eigenvalue weighted by molar-refractivity contribution is -0.192. The summed E-state index contributed by atoms with van der Waals surface area (Å²) < 4.78 is 63.1. The zero-order chi connectivity index (χ0) is 35.6. The zero-order valence-corrected chi connectivity index (χ0v) is 26.4. The molecular weight excluding hydrogens is 696 g/mol. The van der Waals surface area contributed by atoms with Gasteiger partial charge in [-0.15, -0.1) is 11.3 Å². The van der Waals surface area contributed by atoms with Gasteiger partial charge < -0.3 is 39.6 Å². The van der Waals surface area contributed by atoms with Crippen LogP contribution in [0.3, 0.4) is 0 Å². The topological polar surface area (TPSA) is 186 Å². The molecular formula is C28H29ClF4N4O10S. The van der Waals surface area contributed by atoms with Crippen LogP contribution in [0.5, 0.6) is 0 Å². The van der Waals surface area contributed by atoms with Crippen LogP contribution < -0.4 is 15.5 Å². The van der Waals surface area contributed by atoms with Crippen LogP contribution in [0.25, 0.3) is 0 Å². The number of benzene rings is 1.